The summed E-state index contributed by atoms with van der Waals surface area (Å²) >= 11 is 0. The molecule has 1 aliphatic rings. The molecule has 2 aromatic carbocycles. The van der Waals surface area contributed by atoms with E-state index in [-0.39, 0.29) is 17.9 Å². The molecule has 0 spiro atoms. The van der Waals surface area contributed by atoms with Crippen LogP contribution in [0.25, 0.3) is 11.1 Å². The third kappa shape index (κ3) is 4.59. The largest absolute Gasteiger partial charge is 0.493 e. The van der Waals surface area contributed by atoms with Gasteiger partial charge in [0, 0.05) is 18.3 Å². The fourth-order valence-electron chi connectivity index (χ4n) is 3.93. The maximum Gasteiger partial charge on any atom is 0.226 e. The molecule has 2 N–H and O–H groups in total. The average Bonchev–Trinajstić information content (AvgIpc) is 2.80. The Kier molecular flexibility index (Phi) is 6.23. The van der Waals surface area contributed by atoms with Crippen molar-refractivity contribution < 1.29 is 9.53 Å². The number of benzene rings is 2. The van der Waals surface area contributed by atoms with Crippen molar-refractivity contribution in [3.8, 4) is 16.9 Å². The van der Waals surface area contributed by atoms with Gasteiger partial charge in [0.1, 0.15) is 5.75 Å². The van der Waals surface area contributed by atoms with E-state index < -0.39 is 0 Å². The SMILES string of the molecule is Nc1ncc(-c2ccccc2)c([C@@H]2CCCCN2C(=O)CCOc2ccccc2)n1. The van der Waals surface area contributed by atoms with Gasteiger partial charge in [0.2, 0.25) is 11.9 Å². The predicted molar refractivity (Wildman–Crippen MR) is 117 cm³/mol. The Labute approximate surface area is 176 Å². The first-order chi connectivity index (χ1) is 14.7. The number of aromatic nitrogens is 2. The normalized spacial score (nSPS) is 16.3. The topological polar surface area (TPSA) is 81.3 Å². The number of likely N-dealkylation sites (tertiary alicyclic amines) is 1. The minimum Gasteiger partial charge on any atom is -0.493 e. The highest BCUT2D eigenvalue weighted by atomic mass is 16.5. The molecule has 0 bridgehead atoms. The number of hydrogen-bond acceptors (Lipinski definition) is 5. The number of nitrogens with zero attached hydrogens (tertiary/aromatic N) is 3. The van der Waals surface area contributed by atoms with E-state index in [2.05, 4.69) is 9.97 Å². The highest BCUT2D eigenvalue weighted by molar-refractivity contribution is 5.77. The lowest BCUT2D eigenvalue weighted by atomic mass is 9.93. The van der Waals surface area contributed by atoms with Crippen LogP contribution in [0, 0.1) is 0 Å². The van der Waals surface area contributed by atoms with Crippen LogP contribution in [0.2, 0.25) is 0 Å². The molecule has 1 saturated heterocycles. The standard InChI is InChI=1S/C24H26N4O2/c25-24-26-17-20(18-9-3-1-4-10-18)23(27-24)21-13-7-8-15-28(21)22(29)14-16-30-19-11-5-2-6-12-19/h1-6,9-12,17,21H,7-8,13-16H2,(H2,25,26,27)/t21-/m0/s1. The van der Waals surface area contributed by atoms with E-state index in [9.17, 15) is 4.79 Å². The molecule has 6 heteroatoms. The van der Waals surface area contributed by atoms with Crippen LogP contribution in [-0.4, -0.2) is 33.9 Å². The van der Waals surface area contributed by atoms with Crippen LogP contribution in [0.1, 0.15) is 37.4 Å². The zero-order valence-electron chi connectivity index (χ0n) is 16.9. The van der Waals surface area contributed by atoms with Gasteiger partial charge in [0.15, 0.2) is 0 Å². The van der Waals surface area contributed by atoms with Gasteiger partial charge in [-0.05, 0) is 37.0 Å². The summed E-state index contributed by atoms with van der Waals surface area (Å²) in [5.41, 5.74) is 8.71. The summed E-state index contributed by atoms with van der Waals surface area (Å²) in [5, 5.41) is 0. The fourth-order valence-corrected chi connectivity index (χ4v) is 3.93. The van der Waals surface area contributed by atoms with Gasteiger partial charge < -0.3 is 15.4 Å². The molecule has 0 saturated carbocycles. The first kappa shape index (κ1) is 19.9. The molecule has 6 nitrogen and oxygen atoms in total. The smallest absolute Gasteiger partial charge is 0.226 e. The number of nitrogen functional groups attached to an aromatic ring is 1. The molecule has 0 unspecified atom stereocenters. The van der Waals surface area contributed by atoms with E-state index in [1.807, 2.05) is 65.6 Å². The van der Waals surface area contributed by atoms with Crippen LogP contribution in [0.15, 0.2) is 66.9 Å². The number of rotatable bonds is 6. The van der Waals surface area contributed by atoms with Crippen LogP contribution in [-0.2, 0) is 4.79 Å². The Bertz CT molecular complexity index is 979. The predicted octanol–water partition coefficient (Wildman–Crippen LogP) is 4.25. The number of ether oxygens (including phenoxy) is 1. The molecule has 154 valence electrons. The second-order valence-corrected chi connectivity index (χ2v) is 7.40. The Morgan fingerprint density at radius 1 is 1.07 bits per heavy atom. The molecular weight excluding hydrogens is 376 g/mol. The van der Waals surface area contributed by atoms with Gasteiger partial charge in [-0.3, -0.25) is 4.79 Å². The zero-order chi connectivity index (χ0) is 20.8. The Morgan fingerprint density at radius 2 is 1.80 bits per heavy atom. The summed E-state index contributed by atoms with van der Waals surface area (Å²) in [6.07, 6.45) is 4.99. The lowest BCUT2D eigenvalue weighted by Gasteiger charge is -2.36. The lowest BCUT2D eigenvalue weighted by molar-refractivity contribution is -0.135. The van der Waals surface area contributed by atoms with Gasteiger partial charge in [0.05, 0.1) is 24.8 Å². The maximum absolute atomic E-state index is 13.1. The fraction of sp³-hybridized carbons (Fsp3) is 0.292. The summed E-state index contributed by atoms with van der Waals surface area (Å²) in [7, 11) is 0. The highest BCUT2D eigenvalue weighted by Crippen LogP contribution is 2.36. The van der Waals surface area contributed by atoms with Crippen molar-refractivity contribution in [2.24, 2.45) is 0 Å². The second-order valence-electron chi connectivity index (χ2n) is 7.40. The van der Waals surface area contributed by atoms with Gasteiger partial charge in [0.25, 0.3) is 0 Å². The second kappa shape index (κ2) is 9.39. The highest BCUT2D eigenvalue weighted by Gasteiger charge is 2.31. The van der Waals surface area contributed by atoms with Crippen molar-refractivity contribution in [2.45, 2.75) is 31.7 Å². The van der Waals surface area contributed by atoms with E-state index in [0.717, 1.165) is 41.8 Å². The van der Waals surface area contributed by atoms with Crippen LogP contribution >= 0.6 is 0 Å². The van der Waals surface area contributed by atoms with Crippen LogP contribution < -0.4 is 10.5 Å². The lowest BCUT2D eigenvalue weighted by Crippen LogP contribution is -2.39. The van der Waals surface area contributed by atoms with Crippen LogP contribution in [0.3, 0.4) is 0 Å². The molecule has 1 fully saturated rings. The molecule has 1 atom stereocenters. The third-order valence-corrected chi connectivity index (χ3v) is 5.39. The molecule has 3 aromatic rings. The Morgan fingerprint density at radius 3 is 2.57 bits per heavy atom. The summed E-state index contributed by atoms with van der Waals surface area (Å²) in [5.74, 6) is 1.08. The molecular formula is C24H26N4O2. The van der Waals surface area contributed by atoms with Gasteiger partial charge in [-0.15, -0.1) is 0 Å². The Hall–Kier alpha value is -3.41. The summed E-state index contributed by atoms with van der Waals surface area (Å²) in [6, 6.07) is 19.5. The third-order valence-electron chi connectivity index (χ3n) is 5.39. The molecule has 1 aliphatic heterocycles. The van der Waals surface area contributed by atoms with Crippen molar-refractivity contribution in [2.75, 3.05) is 18.9 Å². The summed E-state index contributed by atoms with van der Waals surface area (Å²) < 4.78 is 5.73. The number of carbonyl (C=O) groups excluding carboxylic acids is 1. The van der Waals surface area contributed by atoms with E-state index in [4.69, 9.17) is 10.5 Å². The first-order valence-electron chi connectivity index (χ1n) is 10.4. The number of amides is 1. The van der Waals surface area contributed by atoms with Crippen LogP contribution in [0.5, 0.6) is 5.75 Å². The monoisotopic (exact) mass is 402 g/mol. The average molecular weight is 402 g/mol. The summed E-state index contributed by atoms with van der Waals surface area (Å²) in [6.45, 7) is 1.07. The minimum atomic E-state index is -0.108. The number of carbonyl (C=O) groups is 1. The molecule has 0 radical (unpaired) electrons. The molecule has 30 heavy (non-hydrogen) atoms. The first-order valence-corrected chi connectivity index (χ1v) is 10.4. The van der Waals surface area contributed by atoms with Gasteiger partial charge in [-0.2, -0.15) is 0 Å². The number of para-hydroxylation sites is 1. The number of anilines is 1. The van der Waals surface area contributed by atoms with E-state index in [1.165, 1.54) is 0 Å². The minimum absolute atomic E-state index is 0.0758. The molecule has 1 aromatic heterocycles. The quantitative estimate of drug-likeness (QED) is 0.667. The zero-order valence-corrected chi connectivity index (χ0v) is 16.9. The van der Waals surface area contributed by atoms with Crippen molar-refractivity contribution in [1.82, 2.24) is 14.9 Å². The molecule has 4 rings (SSSR count). The summed E-state index contributed by atoms with van der Waals surface area (Å²) in [4.78, 5) is 23.8. The molecule has 1 amide bonds. The van der Waals surface area contributed by atoms with Crippen LogP contribution in [0.4, 0.5) is 5.95 Å². The van der Waals surface area contributed by atoms with Gasteiger partial charge in [-0.1, -0.05) is 48.5 Å². The van der Waals surface area contributed by atoms with Crippen molar-refractivity contribution in [3.05, 3.63) is 72.6 Å². The number of piperidine rings is 1. The van der Waals surface area contributed by atoms with Gasteiger partial charge >= 0.3 is 0 Å². The van der Waals surface area contributed by atoms with E-state index in [0.29, 0.717) is 19.6 Å². The van der Waals surface area contributed by atoms with E-state index >= 15 is 0 Å². The molecule has 2 heterocycles. The Balaban J connectivity index is 1.54. The number of nitrogens with two attached hydrogens (primary N) is 1. The van der Waals surface area contributed by atoms with Gasteiger partial charge in [-0.25, -0.2) is 9.97 Å². The maximum atomic E-state index is 13.1. The molecule has 0 aliphatic carbocycles. The van der Waals surface area contributed by atoms with Crippen molar-refractivity contribution in [3.63, 3.8) is 0 Å². The van der Waals surface area contributed by atoms with Crippen molar-refractivity contribution in [1.29, 1.82) is 0 Å². The van der Waals surface area contributed by atoms with Crippen molar-refractivity contribution >= 4 is 11.9 Å². The van der Waals surface area contributed by atoms with E-state index in [1.54, 1.807) is 6.20 Å². The number of hydrogen-bond donors (Lipinski definition) is 1.